The van der Waals surface area contributed by atoms with Gasteiger partial charge in [-0.3, -0.25) is 0 Å². The van der Waals surface area contributed by atoms with Crippen molar-refractivity contribution in [3.63, 3.8) is 0 Å². The molecule has 3 aromatic carbocycles. The van der Waals surface area contributed by atoms with Crippen molar-refractivity contribution in [2.24, 2.45) is 0 Å². The highest BCUT2D eigenvalue weighted by atomic mass is 32.1. The first kappa shape index (κ1) is 25.5. The van der Waals surface area contributed by atoms with Crippen molar-refractivity contribution in [1.82, 2.24) is 4.90 Å². The molecule has 0 aliphatic rings. The van der Waals surface area contributed by atoms with Crippen LogP contribution in [0.3, 0.4) is 0 Å². The largest absolute Gasteiger partial charge is 0.508 e. The van der Waals surface area contributed by atoms with Crippen molar-refractivity contribution >= 4 is 23.0 Å². The Bertz CT molecular complexity index is 1080. The number of hydrogen-bond donors (Lipinski definition) is 3. The van der Waals surface area contributed by atoms with Crippen molar-refractivity contribution in [3.8, 4) is 11.5 Å². The second-order valence-corrected chi connectivity index (χ2v) is 8.86. The van der Waals surface area contributed by atoms with Gasteiger partial charge < -0.3 is 25.1 Å². The maximum absolute atomic E-state index is 13.2. The van der Waals surface area contributed by atoms with E-state index in [2.05, 4.69) is 0 Å². The minimum atomic E-state index is -0.672. The molecule has 2 unspecified atom stereocenters. The Morgan fingerprint density at radius 3 is 2.18 bits per heavy atom. The summed E-state index contributed by atoms with van der Waals surface area (Å²) in [6.45, 7) is 0. The number of unbranched alkanes of at least 4 members (excludes halogenated alkanes) is 1. The highest BCUT2D eigenvalue weighted by molar-refractivity contribution is 7.80. The zero-order valence-electron chi connectivity index (χ0n) is 19.4. The summed E-state index contributed by atoms with van der Waals surface area (Å²) in [6.07, 6.45) is 1.99. The molecule has 0 spiro atoms. The second kappa shape index (κ2) is 11.8. The SMILES string of the molecule is CN(C)C(=S)N(c1ccccc1)C(CCCCC(O)c1ccc(F)cc1)c1ccc(O)cc1O. The van der Waals surface area contributed by atoms with E-state index in [1.54, 1.807) is 24.3 Å². The minimum Gasteiger partial charge on any atom is -0.508 e. The number of phenols is 2. The Kier molecular flexibility index (Phi) is 8.85. The number of halogens is 1. The fraction of sp³-hybridized carbons (Fsp3) is 0.296. The Morgan fingerprint density at radius 2 is 1.56 bits per heavy atom. The number of aromatic hydroxyl groups is 2. The van der Waals surface area contributed by atoms with Gasteiger partial charge in [0.15, 0.2) is 5.11 Å². The van der Waals surface area contributed by atoms with Crippen LogP contribution in [0.15, 0.2) is 72.8 Å². The third-order valence-electron chi connectivity index (χ3n) is 5.77. The van der Waals surface area contributed by atoms with Gasteiger partial charge in [0.2, 0.25) is 0 Å². The van der Waals surface area contributed by atoms with Crippen LogP contribution in [-0.4, -0.2) is 39.4 Å². The van der Waals surface area contributed by atoms with Gasteiger partial charge in [0.05, 0.1) is 12.1 Å². The molecule has 0 bridgehead atoms. The molecule has 5 nitrogen and oxygen atoms in total. The number of thiocarbonyl (C=S) groups is 1. The summed E-state index contributed by atoms with van der Waals surface area (Å²) in [5, 5.41) is 31.6. The fourth-order valence-corrected chi connectivity index (χ4v) is 4.22. The van der Waals surface area contributed by atoms with Gasteiger partial charge in [0, 0.05) is 31.4 Å². The van der Waals surface area contributed by atoms with Crippen molar-refractivity contribution in [2.75, 3.05) is 19.0 Å². The molecule has 180 valence electrons. The van der Waals surface area contributed by atoms with E-state index in [0.717, 1.165) is 18.5 Å². The van der Waals surface area contributed by atoms with Gasteiger partial charge in [-0.1, -0.05) is 43.2 Å². The molecule has 0 saturated heterocycles. The fourth-order valence-electron chi connectivity index (χ4n) is 3.99. The molecule has 0 radical (unpaired) electrons. The van der Waals surface area contributed by atoms with E-state index < -0.39 is 6.10 Å². The molecule has 0 aliphatic carbocycles. The molecule has 7 heteroatoms. The number of aliphatic hydroxyl groups is 1. The van der Waals surface area contributed by atoms with Crippen LogP contribution in [0.25, 0.3) is 0 Å². The van der Waals surface area contributed by atoms with Gasteiger partial charge >= 0.3 is 0 Å². The van der Waals surface area contributed by atoms with Crippen LogP contribution in [0.1, 0.15) is 49.0 Å². The lowest BCUT2D eigenvalue weighted by molar-refractivity contribution is 0.163. The van der Waals surface area contributed by atoms with E-state index in [9.17, 15) is 19.7 Å². The number of hydrogen-bond acceptors (Lipinski definition) is 4. The number of anilines is 1. The summed E-state index contributed by atoms with van der Waals surface area (Å²) < 4.78 is 13.2. The first-order valence-electron chi connectivity index (χ1n) is 11.3. The highest BCUT2D eigenvalue weighted by Crippen LogP contribution is 2.38. The van der Waals surface area contributed by atoms with Gasteiger partial charge in [-0.05, 0) is 67.0 Å². The second-order valence-electron chi connectivity index (χ2n) is 8.49. The van der Waals surface area contributed by atoms with Crippen molar-refractivity contribution in [3.05, 3.63) is 89.7 Å². The van der Waals surface area contributed by atoms with Crippen LogP contribution in [0.5, 0.6) is 11.5 Å². The highest BCUT2D eigenvalue weighted by Gasteiger charge is 2.27. The number of phenolic OH excluding ortho intramolecular Hbond substituents is 2. The van der Waals surface area contributed by atoms with Crippen LogP contribution >= 0.6 is 12.2 Å². The van der Waals surface area contributed by atoms with E-state index in [4.69, 9.17) is 12.2 Å². The van der Waals surface area contributed by atoms with Crippen molar-refractivity contribution in [1.29, 1.82) is 0 Å². The molecule has 0 saturated carbocycles. The molecule has 34 heavy (non-hydrogen) atoms. The summed E-state index contributed by atoms with van der Waals surface area (Å²) in [4.78, 5) is 3.86. The average Bonchev–Trinajstić information content (AvgIpc) is 2.82. The van der Waals surface area contributed by atoms with E-state index in [1.165, 1.54) is 18.2 Å². The zero-order valence-corrected chi connectivity index (χ0v) is 20.3. The molecule has 3 aromatic rings. The van der Waals surface area contributed by atoms with Gasteiger partial charge in [-0.2, -0.15) is 0 Å². The lowest BCUT2D eigenvalue weighted by Gasteiger charge is -2.37. The summed E-state index contributed by atoms with van der Waals surface area (Å²) in [5.74, 6) is -0.340. The van der Waals surface area contributed by atoms with Crippen LogP contribution in [0.2, 0.25) is 0 Å². The van der Waals surface area contributed by atoms with E-state index in [1.807, 2.05) is 54.2 Å². The molecule has 3 N–H and O–H groups in total. The quantitative estimate of drug-likeness (QED) is 0.260. The predicted octanol–water partition coefficient (Wildman–Crippen LogP) is 5.93. The Morgan fingerprint density at radius 1 is 0.912 bits per heavy atom. The number of aliphatic hydroxyl groups excluding tert-OH is 1. The topological polar surface area (TPSA) is 67.2 Å². The normalized spacial score (nSPS) is 12.7. The predicted molar refractivity (Wildman–Crippen MR) is 138 cm³/mol. The van der Waals surface area contributed by atoms with E-state index >= 15 is 0 Å². The summed E-state index contributed by atoms with van der Waals surface area (Å²) >= 11 is 5.77. The molecule has 0 aromatic heterocycles. The van der Waals surface area contributed by atoms with Gasteiger partial charge in [0.1, 0.15) is 17.3 Å². The molecule has 0 aliphatic heterocycles. The number of rotatable bonds is 9. The summed E-state index contributed by atoms with van der Waals surface area (Å²) in [7, 11) is 3.76. The van der Waals surface area contributed by atoms with Gasteiger partial charge in [-0.25, -0.2) is 4.39 Å². The Balaban J connectivity index is 1.83. The molecule has 0 fully saturated rings. The molecular weight excluding hydrogens is 451 g/mol. The van der Waals surface area contributed by atoms with Crippen LogP contribution in [0, 0.1) is 5.82 Å². The first-order chi connectivity index (χ1) is 16.3. The van der Waals surface area contributed by atoms with E-state index in [0.29, 0.717) is 29.1 Å². The molecular formula is C27H31FN2O3S. The molecule has 2 atom stereocenters. The standard InChI is InChI=1S/C27H31FN2O3S/c1-29(2)27(34)30(21-8-4-3-5-9-21)24(23-17-16-22(31)18-26(23)33)10-6-7-11-25(32)19-12-14-20(28)15-13-19/h3-5,8-9,12-18,24-25,31-33H,6-7,10-11H2,1-2H3. The molecule has 0 heterocycles. The van der Waals surface area contributed by atoms with Gasteiger partial charge in [-0.15, -0.1) is 0 Å². The van der Waals surface area contributed by atoms with Crippen LogP contribution in [-0.2, 0) is 0 Å². The molecule has 0 amide bonds. The van der Waals surface area contributed by atoms with Crippen LogP contribution < -0.4 is 4.90 Å². The first-order valence-corrected chi connectivity index (χ1v) is 11.7. The van der Waals surface area contributed by atoms with E-state index in [-0.39, 0.29) is 23.4 Å². The number of para-hydroxylation sites is 1. The minimum absolute atomic E-state index is 0.00108. The molecule has 3 rings (SSSR count). The third kappa shape index (κ3) is 6.46. The summed E-state index contributed by atoms with van der Waals surface area (Å²) in [5.41, 5.74) is 2.24. The smallest absolute Gasteiger partial charge is 0.176 e. The lowest BCUT2D eigenvalue weighted by atomic mass is 9.95. The van der Waals surface area contributed by atoms with Crippen molar-refractivity contribution < 1.29 is 19.7 Å². The summed E-state index contributed by atoms with van der Waals surface area (Å²) in [6, 6.07) is 20.0. The Labute approximate surface area is 205 Å². The van der Waals surface area contributed by atoms with Crippen LogP contribution in [0.4, 0.5) is 10.1 Å². The van der Waals surface area contributed by atoms with Gasteiger partial charge in [0.25, 0.3) is 0 Å². The maximum atomic E-state index is 13.2. The zero-order chi connectivity index (χ0) is 24.7. The number of benzene rings is 3. The lowest BCUT2D eigenvalue weighted by Crippen LogP contribution is -2.41. The third-order valence-corrected chi connectivity index (χ3v) is 6.33. The maximum Gasteiger partial charge on any atom is 0.176 e. The average molecular weight is 483 g/mol. The monoisotopic (exact) mass is 482 g/mol. The van der Waals surface area contributed by atoms with Crippen molar-refractivity contribution in [2.45, 2.75) is 37.8 Å². The number of nitrogens with zero attached hydrogens (tertiary/aromatic N) is 2. The Hall–Kier alpha value is -3.16.